The van der Waals surface area contributed by atoms with Gasteiger partial charge < -0.3 is 10.0 Å². The molecular weight excluding hydrogens is 304 g/mol. The topological polar surface area (TPSA) is 61.6 Å². The van der Waals surface area contributed by atoms with Gasteiger partial charge in [0.1, 0.15) is 0 Å². The molecular formula is C18H32N4O2. The summed E-state index contributed by atoms with van der Waals surface area (Å²) in [5.74, 6) is 0.0846. The molecule has 24 heavy (non-hydrogen) atoms. The average Bonchev–Trinajstić information content (AvgIpc) is 2.99. The van der Waals surface area contributed by atoms with E-state index in [0.29, 0.717) is 19.1 Å². The van der Waals surface area contributed by atoms with E-state index in [9.17, 15) is 9.90 Å². The molecule has 1 amide bonds. The van der Waals surface area contributed by atoms with E-state index in [1.807, 2.05) is 16.5 Å². The quantitative estimate of drug-likeness (QED) is 0.828. The van der Waals surface area contributed by atoms with E-state index >= 15 is 0 Å². The van der Waals surface area contributed by atoms with Crippen molar-refractivity contribution in [1.29, 1.82) is 0 Å². The summed E-state index contributed by atoms with van der Waals surface area (Å²) >= 11 is 0. The van der Waals surface area contributed by atoms with Gasteiger partial charge in [-0.3, -0.25) is 14.4 Å². The molecule has 0 bridgehead atoms. The van der Waals surface area contributed by atoms with Gasteiger partial charge in [-0.2, -0.15) is 5.10 Å². The van der Waals surface area contributed by atoms with E-state index in [2.05, 4.69) is 30.8 Å². The lowest BCUT2D eigenvalue weighted by atomic mass is 10.1. The molecule has 1 aliphatic rings. The molecule has 2 heterocycles. The number of nitrogens with zero attached hydrogens (tertiary/aromatic N) is 4. The molecule has 1 unspecified atom stereocenters. The number of hydrogen-bond donors (Lipinski definition) is 1. The largest absolute Gasteiger partial charge is 0.395 e. The molecule has 0 aliphatic carbocycles. The van der Waals surface area contributed by atoms with E-state index < -0.39 is 0 Å². The number of carbonyl (C=O) groups is 1. The third kappa shape index (κ3) is 3.81. The van der Waals surface area contributed by atoms with E-state index in [1.165, 1.54) is 0 Å². The molecule has 0 radical (unpaired) electrons. The second-order valence-corrected chi connectivity index (χ2v) is 6.63. The Labute approximate surface area is 145 Å². The van der Waals surface area contributed by atoms with Crippen LogP contribution >= 0.6 is 0 Å². The van der Waals surface area contributed by atoms with E-state index in [-0.39, 0.29) is 18.6 Å². The van der Waals surface area contributed by atoms with Gasteiger partial charge in [0.15, 0.2) is 0 Å². The Bertz CT molecular complexity index is 527. The van der Waals surface area contributed by atoms with Crippen LogP contribution in [0.5, 0.6) is 0 Å². The molecule has 0 saturated carbocycles. The summed E-state index contributed by atoms with van der Waals surface area (Å²) in [7, 11) is 0. The number of carbonyl (C=O) groups excluding carboxylic acids is 1. The van der Waals surface area contributed by atoms with Gasteiger partial charge in [0, 0.05) is 37.9 Å². The molecule has 1 atom stereocenters. The molecule has 6 nitrogen and oxygen atoms in total. The highest BCUT2D eigenvalue weighted by Crippen LogP contribution is 2.21. The molecule has 1 aromatic heterocycles. The number of aliphatic hydroxyl groups is 1. The minimum atomic E-state index is 0.0846. The van der Waals surface area contributed by atoms with Crippen LogP contribution in [0.1, 0.15) is 62.1 Å². The number of aromatic nitrogens is 2. The first-order valence-corrected chi connectivity index (χ1v) is 9.25. The highest BCUT2D eigenvalue weighted by atomic mass is 16.3. The van der Waals surface area contributed by atoms with Gasteiger partial charge in [0.05, 0.1) is 24.4 Å². The smallest absolute Gasteiger partial charge is 0.257 e. The summed E-state index contributed by atoms with van der Waals surface area (Å²) in [5.41, 5.74) is 1.70. The molecule has 1 fully saturated rings. The van der Waals surface area contributed by atoms with Crippen molar-refractivity contribution in [1.82, 2.24) is 19.6 Å². The van der Waals surface area contributed by atoms with Gasteiger partial charge in [0.2, 0.25) is 0 Å². The van der Waals surface area contributed by atoms with Crippen molar-refractivity contribution in [2.45, 2.75) is 59.0 Å². The van der Waals surface area contributed by atoms with Crippen LogP contribution in [0.3, 0.4) is 0 Å². The van der Waals surface area contributed by atoms with Crippen molar-refractivity contribution < 1.29 is 9.90 Å². The number of piperazine rings is 1. The maximum atomic E-state index is 12.9. The van der Waals surface area contributed by atoms with Crippen molar-refractivity contribution in [2.24, 2.45) is 0 Å². The van der Waals surface area contributed by atoms with Gasteiger partial charge in [-0.25, -0.2) is 0 Å². The minimum absolute atomic E-state index is 0.0846. The zero-order chi connectivity index (χ0) is 17.7. The first-order chi connectivity index (χ1) is 11.6. The fourth-order valence-corrected chi connectivity index (χ4v) is 3.60. The summed E-state index contributed by atoms with van der Waals surface area (Å²) < 4.78 is 2.00. The van der Waals surface area contributed by atoms with Crippen LogP contribution in [0.15, 0.2) is 6.20 Å². The molecule has 2 rings (SSSR count). The van der Waals surface area contributed by atoms with Crippen LogP contribution in [0.25, 0.3) is 0 Å². The fourth-order valence-electron chi connectivity index (χ4n) is 3.60. The minimum Gasteiger partial charge on any atom is -0.395 e. The summed E-state index contributed by atoms with van der Waals surface area (Å²) in [6.07, 6.45) is 4.70. The third-order valence-electron chi connectivity index (χ3n) is 5.36. The molecule has 136 valence electrons. The van der Waals surface area contributed by atoms with Crippen LogP contribution in [0.4, 0.5) is 0 Å². The van der Waals surface area contributed by atoms with Crippen molar-refractivity contribution in [3.05, 3.63) is 17.5 Å². The van der Waals surface area contributed by atoms with Crippen molar-refractivity contribution >= 4 is 5.91 Å². The summed E-state index contributed by atoms with van der Waals surface area (Å²) in [6, 6.07) is 0.569. The van der Waals surface area contributed by atoms with Gasteiger partial charge in [-0.05, 0) is 26.2 Å². The molecule has 0 spiro atoms. The predicted octanol–water partition coefficient (Wildman–Crippen LogP) is 2.08. The lowest BCUT2D eigenvalue weighted by Crippen LogP contribution is -2.52. The van der Waals surface area contributed by atoms with Crippen molar-refractivity contribution in [2.75, 3.05) is 32.8 Å². The third-order valence-corrected chi connectivity index (χ3v) is 5.36. The molecule has 1 aromatic rings. The van der Waals surface area contributed by atoms with Gasteiger partial charge in [0.25, 0.3) is 5.91 Å². The average molecular weight is 336 g/mol. The first-order valence-electron chi connectivity index (χ1n) is 9.25. The first kappa shape index (κ1) is 18.9. The molecule has 1 N–H and O–H groups in total. The second-order valence-electron chi connectivity index (χ2n) is 6.63. The highest BCUT2D eigenvalue weighted by Gasteiger charge is 2.27. The van der Waals surface area contributed by atoms with Crippen LogP contribution in [0, 0.1) is 6.92 Å². The Morgan fingerprint density at radius 2 is 1.71 bits per heavy atom. The van der Waals surface area contributed by atoms with Gasteiger partial charge in [-0.15, -0.1) is 0 Å². The number of aliphatic hydroxyl groups excluding tert-OH is 1. The van der Waals surface area contributed by atoms with Crippen LogP contribution < -0.4 is 0 Å². The maximum Gasteiger partial charge on any atom is 0.257 e. The standard InChI is InChI=1S/C18H32N4O2/c1-5-15(6-2)22-14(4)17(12-19-22)18(24)21-10-8-20(9-11-21)16(7-3)13-23/h12,15-16,23H,5-11,13H2,1-4H3. The zero-order valence-corrected chi connectivity index (χ0v) is 15.5. The Morgan fingerprint density at radius 3 is 2.21 bits per heavy atom. The Balaban J connectivity index is 2.03. The summed E-state index contributed by atoms with van der Waals surface area (Å²) in [4.78, 5) is 17.1. The fraction of sp³-hybridized carbons (Fsp3) is 0.778. The Kier molecular flexibility index (Phi) is 6.80. The summed E-state index contributed by atoms with van der Waals surface area (Å²) in [6.45, 7) is 11.7. The van der Waals surface area contributed by atoms with Gasteiger partial charge in [-0.1, -0.05) is 20.8 Å². The van der Waals surface area contributed by atoms with E-state index in [0.717, 1.165) is 43.6 Å². The van der Waals surface area contributed by atoms with Gasteiger partial charge >= 0.3 is 0 Å². The number of rotatable bonds is 7. The SMILES string of the molecule is CCC(CO)N1CCN(C(=O)c2cnn(C(CC)CC)c2C)CC1. The maximum absolute atomic E-state index is 12.9. The van der Waals surface area contributed by atoms with E-state index in [1.54, 1.807) is 6.20 Å². The van der Waals surface area contributed by atoms with Crippen LogP contribution in [-0.2, 0) is 0 Å². The Hall–Kier alpha value is -1.40. The lowest BCUT2D eigenvalue weighted by molar-refractivity contribution is 0.0471. The molecule has 1 saturated heterocycles. The molecule has 6 heteroatoms. The van der Waals surface area contributed by atoms with Crippen LogP contribution in [0.2, 0.25) is 0 Å². The number of amides is 1. The van der Waals surface area contributed by atoms with E-state index in [4.69, 9.17) is 0 Å². The predicted molar refractivity (Wildman–Crippen MR) is 95.2 cm³/mol. The lowest BCUT2D eigenvalue weighted by Gasteiger charge is -2.38. The molecule has 1 aliphatic heterocycles. The van der Waals surface area contributed by atoms with Crippen molar-refractivity contribution in [3.8, 4) is 0 Å². The summed E-state index contributed by atoms with van der Waals surface area (Å²) in [5, 5.41) is 13.9. The molecule has 0 aromatic carbocycles. The Morgan fingerprint density at radius 1 is 1.12 bits per heavy atom. The highest BCUT2D eigenvalue weighted by molar-refractivity contribution is 5.95. The normalized spacial score (nSPS) is 17.5. The monoisotopic (exact) mass is 336 g/mol. The van der Waals surface area contributed by atoms with Crippen LogP contribution in [-0.4, -0.2) is 69.4 Å². The van der Waals surface area contributed by atoms with Crippen molar-refractivity contribution in [3.63, 3.8) is 0 Å². The second kappa shape index (κ2) is 8.62. The number of hydrogen-bond acceptors (Lipinski definition) is 4. The zero-order valence-electron chi connectivity index (χ0n) is 15.5.